The molecule has 0 atom stereocenters. The number of rotatable bonds is 8. The SMILES string of the molecule is C=CCOc1ccc(OC(=O)CCCC(=O)ON)cc1. The van der Waals surface area contributed by atoms with Gasteiger partial charge in [0.15, 0.2) is 0 Å². The van der Waals surface area contributed by atoms with Gasteiger partial charge in [0.1, 0.15) is 18.1 Å². The molecule has 1 rings (SSSR count). The van der Waals surface area contributed by atoms with Gasteiger partial charge in [-0.25, -0.2) is 0 Å². The van der Waals surface area contributed by atoms with Crippen molar-refractivity contribution in [3.63, 3.8) is 0 Å². The first-order valence-electron chi connectivity index (χ1n) is 6.09. The van der Waals surface area contributed by atoms with Crippen LogP contribution < -0.4 is 15.4 Å². The van der Waals surface area contributed by atoms with Gasteiger partial charge in [-0.05, 0) is 30.7 Å². The average Bonchev–Trinajstić information content (AvgIpc) is 2.46. The van der Waals surface area contributed by atoms with Crippen molar-refractivity contribution in [2.24, 2.45) is 5.90 Å². The van der Waals surface area contributed by atoms with Crippen molar-refractivity contribution >= 4 is 11.9 Å². The van der Waals surface area contributed by atoms with Crippen LogP contribution in [0.5, 0.6) is 11.5 Å². The highest BCUT2D eigenvalue weighted by Crippen LogP contribution is 2.18. The third-order valence-electron chi connectivity index (χ3n) is 2.32. The summed E-state index contributed by atoms with van der Waals surface area (Å²) in [6, 6.07) is 6.64. The Kier molecular flexibility index (Phi) is 6.84. The topological polar surface area (TPSA) is 87.8 Å². The molecule has 0 fully saturated rings. The zero-order valence-electron chi connectivity index (χ0n) is 11.0. The quantitative estimate of drug-likeness (QED) is 0.337. The van der Waals surface area contributed by atoms with Crippen LogP contribution in [0.25, 0.3) is 0 Å². The Morgan fingerprint density at radius 2 is 1.70 bits per heavy atom. The molecule has 0 aromatic heterocycles. The summed E-state index contributed by atoms with van der Waals surface area (Å²) < 4.78 is 10.4. The maximum Gasteiger partial charge on any atom is 0.324 e. The Hall–Kier alpha value is -2.34. The van der Waals surface area contributed by atoms with Crippen LogP contribution in [-0.2, 0) is 14.4 Å². The normalized spacial score (nSPS) is 9.65. The lowest BCUT2D eigenvalue weighted by Crippen LogP contribution is -2.12. The number of carbonyl (C=O) groups is 2. The fraction of sp³-hybridized carbons (Fsp3) is 0.286. The molecule has 20 heavy (non-hydrogen) atoms. The molecular weight excluding hydrogens is 262 g/mol. The van der Waals surface area contributed by atoms with Crippen molar-refractivity contribution in [1.82, 2.24) is 0 Å². The van der Waals surface area contributed by atoms with Gasteiger partial charge in [0.25, 0.3) is 0 Å². The molecule has 6 nitrogen and oxygen atoms in total. The molecule has 0 aliphatic rings. The lowest BCUT2D eigenvalue weighted by atomic mass is 10.2. The second-order valence-corrected chi connectivity index (χ2v) is 3.89. The maximum absolute atomic E-state index is 11.5. The molecule has 0 saturated heterocycles. The highest BCUT2D eigenvalue weighted by molar-refractivity contribution is 5.74. The molecule has 108 valence electrons. The van der Waals surface area contributed by atoms with Gasteiger partial charge in [-0.1, -0.05) is 12.7 Å². The number of benzene rings is 1. The predicted molar refractivity (Wildman–Crippen MR) is 71.9 cm³/mol. The fourth-order valence-electron chi connectivity index (χ4n) is 1.38. The minimum atomic E-state index is -0.554. The third kappa shape index (κ3) is 6.01. The lowest BCUT2D eigenvalue weighted by Gasteiger charge is -2.06. The number of hydrogen-bond acceptors (Lipinski definition) is 6. The maximum atomic E-state index is 11.5. The van der Waals surface area contributed by atoms with Crippen molar-refractivity contribution in [2.75, 3.05) is 6.61 Å². The van der Waals surface area contributed by atoms with Crippen LogP contribution in [0.1, 0.15) is 19.3 Å². The second kappa shape index (κ2) is 8.71. The molecule has 0 heterocycles. The van der Waals surface area contributed by atoms with Gasteiger partial charge in [-0.15, -0.1) is 0 Å². The summed E-state index contributed by atoms with van der Waals surface area (Å²) >= 11 is 0. The summed E-state index contributed by atoms with van der Waals surface area (Å²) in [5, 5.41) is 0. The van der Waals surface area contributed by atoms with E-state index < -0.39 is 11.9 Å². The predicted octanol–water partition coefficient (Wildman–Crippen LogP) is 1.74. The van der Waals surface area contributed by atoms with Crippen molar-refractivity contribution in [2.45, 2.75) is 19.3 Å². The van der Waals surface area contributed by atoms with Gasteiger partial charge in [-0.2, -0.15) is 5.90 Å². The highest BCUT2D eigenvalue weighted by atomic mass is 16.7. The van der Waals surface area contributed by atoms with Crippen LogP contribution in [0.15, 0.2) is 36.9 Å². The van der Waals surface area contributed by atoms with E-state index in [1.165, 1.54) is 0 Å². The molecule has 6 heteroatoms. The van der Waals surface area contributed by atoms with Crippen LogP contribution in [0.3, 0.4) is 0 Å². The Balaban J connectivity index is 2.34. The van der Waals surface area contributed by atoms with E-state index in [-0.39, 0.29) is 12.8 Å². The summed E-state index contributed by atoms with van der Waals surface area (Å²) in [5.41, 5.74) is 0. The molecule has 0 bridgehead atoms. The van der Waals surface area contributed by atoms with Crippen molar-refractivity contribution in [1.29, 1.82) is 0 Å². The highest BCUT2D eigenvalue weighted by Gasteiger charge is 2.07. The molecular formula is C14H17NO5. The van der Waals surface area contributed by atoms with Crippen LogP contribution in [0, 0.1) is 0 Å². The molecule has 0 aliphatic heterocycles. The molecule has 0 amide bonds. The number of ether oxygens (including phenoxy) is 2. The van der Waals surface area contributed by atoms with Crippen LogP contribution in [0.2, 0.25) is 0 Å². The molecule has 0 aliphatic carbocycles. The Morgan fingerprint density at radius 3 is 2.30 bits per heavy atom. The fourth-order valence-corrected chi connectivity index (χ4v) is 1.38. The first-order chi connectivity index (χ1) is 9.65. The molecule has 0 unspecified atom stereocenters. The van der Waals surface area contributed by atoms with Crippen LogP contribution >= 0.6 is 0 Å². The number of nitrogens with two attached hydrogens (primary N) is 1. The minimum absolute atomic E-state index is 0.0833. The summed E-state index contributed by atoms with van der Waals surface area (Å²) in [7, 11) is 0. The summed E-state index contributed by atoms with van der Waals surface area (Å²) in [6.45, 7) is 3.96. The number of esters is 1. The van der Waals surface area contributed by atoms with E-state index in [0.29, 0.717) is 24.5 Å². The average molecular weight is 279 g/mol. The summed E-state index contributed by atoms with van der Waals surface area (Å²) in [4.78, 5) is 26.2. The summed E-state index contributed by atoms with van der Waals surface area (Å²) in [6.07, 6.45) is 2.17. The van der Waals surface area contributed by atoms with Gasteiger partial charge < -0.3 is 14.3 Å². The van der Waals surface area contributed by atoms with E-state index in [0.717, 1.165) is 0 Å². The van der Waals surface area contributed by atoms with Gasteiger partial charge >= 0.3 is 11.9 Å². The van der Waals surface area contributed by atoms with E-state index in [1.54, 1.807) is 30.3 Å². The zero-order chi connectivity index (χ0) is 14.8. The van der Waals surface area contributed by atoms with Crippen LogP contribution in [-0.4, -0.2) is 18.5 Å². The van der Waals surface area contributed by atoms with Gasteiger partial charge in [0.2, 0.25) is 0 Å². The second-order valence-electron chi connectivity index (χ2n) is 3.89. The van der Waals surface area contributed by atoms with Crippen LogP contribution in [0.4, 0.5) is 0 Å². The molecule has 1 aromatic carbocycles. The third-order valence-corrected chi connectivity index (χ3v) is 2.32. The van der Waals surface area contributed by atoms with E-state index in [4.69, 9.17) is 9.47 Å². The Morgan fingerprint density at radius 1 is 1.10 bits per heavy atom. The Bertz CT molecular complexity index is 455. The number of carbonyl (C=O) groups excluding carboxylic acids is 2. The minimum Gasteiger partial charge on any atom is -0.490 e. The monoisotopic (exact) mass is 279 g/mol. The smallest absolute Gasteiger partial charge is 0.324 e. The molecule has 0 radical (unpaired) electrons. The molecule has 2 N–H and O–H groups in total. The molecule has 1 aromatic rings. The first-order valence-corrected chi connectivity index (χ1v) is 6.09. The van der Waals surface area contributed by atoms with Crippen molar-refractivity contribution < 1.29 is 23.9 Å². The van der Waals surface area contributed by atoms with E-state index in [1.807, 2.05) is 0 Å². The number of hydrogen-bond donors (Lipinski definition) is 1. The van der Waals surface area contributed by atoms with E-state index in [2.05, 4.69) is 17.3 Å². The Labute approximate surface area is 117 Å². The van der Waals surface area contributed by atoms with Gasteiger partial charge in [-0.3, -0.25) is 9.59 Å². The van der Waals surface area contributed by atoms with E-state index >= 15 is 0 Å². The molecule has 0 spiro atoms. The molecule has 0 saturated carbocycles. The first kappa shape index (κ1) is 15.7. The lowest BCUT2D eigenvalue weighted by molar-refractivity contribution is -0.144. The zero-order valence-corrected chi connectivity index (χ0v) is 11.0. The van der Waals surface area contributed by atoms with Crippen molar-refractivity contribution in [3.05, 3.63) is 36.9 Å². The van der Waals surface area contributed by atoms with E-state index in [9.17, 15) is 9.59 Å². The van der Waals surface area contributed by atoms with Crippen molar-refractivity contribution in [3.8, 4) is 11.5 Å². The van der Waals surface area contributed by atoms with Gasteiger partial charge in [0.05, 0.1) is 0 Å². The standard InChI is InChI=1S/C14H17NO5/c1-2-10-18-11-6-8-12(9-7-11)19-13(16)4-3-5-14(17)20-15/h2,6-9H,1,3-5,10,15H2. The summed E-state index contributed by atoms with van der Waals surface area (Å²) in [5.74, 6) is 4.78. The van der Waals surface area contributed by atoms with Gasteiger partial charge in [0, 0.05) is 12.8 Å². The largest absolute Gasteiger partial charge is 0.490 e.